The number of hydrogen-bond acceptors (Lipinski definition) is 4. The van der Waals surface area contributed by atoms with Crippen LogP contribution in [0.2, 0.25) is 0 Å². The first-order valence-electron chi connectivity index (χ1n) is 5.54. The summed E-state index contributed by atoms with van der Waals surface area (Å²) in [4.78, 5) is 26.0. The lowest BCUT2D eigenvalue weighted by molar-refractivity contribution is -0.385. The maximum absolute atomic E-state index is 11.8. The molecule has 94 valence electrons. The van der Waals surface area contributed by atoms with Gasteiger partial charge >= 0.3 is 0 Å². The van der Waals surface area contributed by atoms with Crippen molar-refractivity contribution >= 4 is 17.5 Å². The zero-order chi connectivity index (χ0) is 13.7. The fraction of sp³-hybridized carbons (Fsp3) is 0. The predicted octanol–water partition coefficient (Wildman–Crippen LogP) is 2.89. The van der Waals surface area contributed by atoms with Crippen molar-refractivity contribution in [3.8, 4) is 0 Å². The SMILES string of the molecule is O=C(/C=C/c1ccccc1[N+](=O)[O-])c1cccnc1. The number of carbonyl (C=O) groups is 1. The van der Waals surface area contributed by atoms with Crippen LogP contribution < -0.4 is 0 Å². The van der Waals surface area contributed by atoms with Crippen LogP contribution in [0.1, 0.15) is 15.9 Å². The third-order valence-corrected chi connectivity index (χ3v) is 2.49. The standard InChI is InChI=1S/C14H10N2O3/c17-14(12-5-3-9-15-10-12)8-7-11-4-1-2-6-13(11)16(18)19/h1-10H/b8-7+. The maximum atomic E-state index is 11.8. The molecule has 2 aromatic rings. The van der Waals surface area contributed by atoms with E-state index in [0.29, 0.717) is 11.1 Å². The third-order valence-electron chi connectivity index (χ3n) is 2.49. The van der Waals surface area contributed by atoms with E-state index in [1.807, 2.05) is 0 Å². The van der Waals surface area contributed by atoms with Crippen molar-refractivity contribution in [1.82, 2.24) is 4.98 Å². The van der Waals surface area contributed by atoms with Crippen molar-refractivity contribution in [2.45, 2.75) is 0 Å². The van der Waals surface area contributed by atoms with Gasteiger partial charge in [-0.15, -0.1) is 0 Å². The van der Waals surface area contributed by atoms with Crippen molar-refractivity contribution in [2.24, 2.45) is 0 Å². The molecule has 0 fully saturated rings. The molecule has 0 atom stereocenters. The second-order valence-corrected chi connectivity index (χ2v) is 3.76. The van der Waals surface area contributed by atoms with Crippen LogP contribution in [0.15, 0.2) is 54.9 Å². The van der Waals surface area contributed by atoms with Crippen LogP contribution in [-0.4, -0.2) is 15.7 Å². The lowest BCUT2D eigenvalue weighted by Gasteiger charge is -1.96. The number of nitro groups is 1. The Morgan fingerprint density at radius 2 is 2.00 bits per heavy atom. The van der Waals surface area contributed by atoms with Gasteiger partial charge < -0.3 is 0 Å². The van der Waals surface area contributed by atoms with Crippen LogP contribution in [0.4, 0.5) is 5.69 Å². The Hall–Kier alpha value is -2.82. The molecule has 2 rings (SSSR count). The zero-order valence-corrected chi connectivity index (χ0v) is 9.89. The van der Waals surface area contributed by atoms with Crippen LogP contribution in [0, 0.1) is 10.1 Å². The first-order valence-corrected chi connectivity index (χ1v) is 5.54. The fourth-order valence-corrected chi connectivity index (χ4v) is 1.56. The molecule has 5 heteroatoms. The number of pyridine rings is 1. The first kappa shape index (κ1) is 12.6. The van der Waals surface area contributed by atoms with Gasteiger partial charge in [0.1, 0.15) is 0 Å². The number of para-hydroxylation sites is 1. The molecule has 1 aromatic carbocycles. The van der Waals surface area contributed by atoms with Crippen LogP contribution >= 0.6 is 0 Å². The Labute approximate surface area is 109 Å². The summed E-state index contributed by atoms with van der Waals surface area (Å²) in [6, 6.07) is 9.55. The van der Waals surface area contributed by atoms with E-state index < -0.39 is 4.92 Å². The van der Waals surface area contributed by atoms with Crippen molar-refractivity contribution in [1.29, 1.82) is 0 Å². The molecule has 0 bridgehead atoms. The van der Waals surface area contributed by atoms with Crippen LogP contribution in [0.25, 0.3) is 6.08 Å². The second kappa shape index (κ2) is 5.68. The number of allylic oxidation sites excluding steroid dienone is 1. The molecule has 0 N–H and O–H groups in total. The smallest absolute Gasteiger partial charge is 0.276 e. The summed E-state index contributed by atoms with van der Waals surface area (Å²) in [7, 11) is 0. The van der Waals surface area contributed by atoms with Crippen molar-refractivity contribution in [2.75, 3.05) is 0 Å². The summed E-state index contributed by atoms with van der Waals surface area (Å²) in [5.74, 6) is -0.244. The molecule has 1 aromatic heterocycles. The molecule has 0 amide bonds. The molecular formula is C14H10N2O3. The summed E-state index contributed by atoms with van der Waals surface area (Å²) in [5, 5.41) is 10.8. The molecule has 0 aliphatic carbocycles. The van der Waals surface area contributed by atoms with Gasteiger partial charge in [-0.2, -0.15) is 0 Å². The molecular weight excluding hydrogens is 244 g/mol. The highest BCUT2D eigenvalue weighted by Gasteiger charge is 2.10. The highest BCUT2D eigenvalue weighted by molar-refractivity contribution is 6.06. The average molecular weight is 254 g/mol. The number of carbonyl (C=O) groups excluding carboxylic acids is 1. The van der Waals surface area contributed by atoms with E-state index in [0.717, 1.165) is 0 Å². The second-order valence-electron chi connectivity index (χ2n) is 3.76. The average Bonchev–Trinajstić information content (AvgIpc) is 2.46. The molecule has 0 unspecified atom stereocenters. The van der Waals surface area contributed by atoms with Gasteiger partial charge in [-0.3, -0.25) is 19.9 Å². The molecule has 0 saturated carbocycles. The zero-order valence-electron chi connectivity index (χ0n) is 9.89. The highest BCUT2D eigenvalue weighted by Crippen LogP contribution is 2.19. The minimum atomic E-state index is -0.478. The van der Waals surface area contributed by atoms with E-state index in [9.17, 15) is 14.9 Å². The minimum absolute atomic E-state index is 0.0299. The fourth-order valence-electron chi connectivity index (χ4n) is 1.56. The summed E-state index contributed by atoms with van der Waals surface area (Å²) in [5.41, 5.74) is 0.805. The lowest BCUT2D eigenvalue weighted by atomic mass is 10.1. The number of ketones is 1. The quantitative estimate of drug-likeness (QED) is 0.364. The highest BCUT2D eigenvalue weighted by atomic mass is 16.6. The third kappa shape index (κ3) is 3.10. The van der Waals surface area contributed by atoms with Gasteiger partial charge in [-0.05, 0) is 30.4 Å². The molecule has 0 saturated heterocycles. The van der Waals surface area contributed by atoms with E-state index in [4.69, 9.17) is 0 Å². The molecule has 0 aliphatic rings. The molecule has 0 radical (unpaired) electrons. The Kier molecular flexibility index (Phi) is 3.78. The van der Waals surface area contributed by atoms with Crippen LogP contribution in [-0.2, 0) is 0 Å². The van der Waals surface area contributed by atoms with Crippen molar-refractivity contribution in [3.05, 3.63) is 76.1 Å². The normalized spacial score (nSPS) is 10.5. The molecule has 19 heavy (non-hydrogen) atoms. The van der Waals surface area contributed by atoms with E-state index in [1.165, 1.54) is 24.4 Å². The number of nitro benzene ring substituents is 1. The Morgan fingerprint density at radius 3 is 2.68 bits per heavy atom. The molecule has 1 heterocycles. The molecule has 0 spiro atoms. The van der Waals surface area contributed by atoms with Gasteiger partial charge in [0.05, 0.1) is 10.5 Å². The van der Waals surface area contributed by atoms with Crippen molar-refractivity contribution < 1.29 is 9.72 Å². The number of nitrogens with zero attached hydrogens (tertiary/aromatic N) is 2. The van der Waals surface area contributed by atoms with Gasteiger partial charge in [-0.1, -0.05) is 12.1 Å². The Balaban J connectivity index is 2.24. The van der Waals surface area contributed by atoms with Gasteiger partial charge in [0.2, 0.25) is 0 Å². The lowest BCUT2D eigenvalue weighted by Crippen LogP contribution is -1.95. The van der Waals surface area contributed by atoms with Gasteiger partial charge in [0.25, 0.3) is 5.69 Å². The van der Waals surface area contributed by atoms with Gasteiger partial charge in [0.15, 0.2) is 5.78 Å². The van der Waals surface area contributed by atoms with Gasteiger partial charge in [-0.25, -0.2) is 0 Å². The number of benzene rings is 1. The van der Waals surface area contributed by atoms with E-state index in [2.05, 4.69) is 4.98 Å². The monoisotopic (exact) mass is 254 g/mol. The number of hydrogen-bond donors (Lipinski definition) is 0. The van der Waals surface area contributed by atoms with Crippen LogP contribution in [0.3, 0.4) is 0 Å². The van der Waals surface area contributed by atoms with E-state index in [-0.39, 0.29) is 11.5 Å². The van der Waals surface area contributed by atoms with E-state index >= 15 is 0 Å². The van der Waals surface area contributed by atoms with Crippen LogP contribution in [0.5, 0.6) is 0 Å². The van der Waals surface area contributed by atoms with Gasteiger partial charge in [0, 0.05) is 24.0 Å². The van der Waals surface area contributed by atoms with Crippen molar-refractivity contribution in [3.63, 3.8) is 0 Å². The Morgan fingerprint density at radius 1 is 1.21 bits per heavy atom. The minimum Gasteiger partial charge on any atom is -0.289 e. The summed E-state index contributed by atoms with van der Waals surface area (Å²) in [6.07, 6.45) is 5.77. The first-order chi connectivity index (χ1) is 9.18. The molecule has 5 nitrogen and oxygen atoms in total. The maximum Gasteiger partial charge on any atom is 0.276 e. The summed E-state index contributed by atoms with van der Waals surface area (Å²) >= 11 is 0. The predicted molar refractivity (Wildman–Crippen MR) is 70.7 cm³/mol. The van der Waals surface area contributed by atoms with E-state index in [1.54, 1.807) is 36.5 Å². The number of aromatic nitrogens is 1. The number of rotatable bonds is 4. The Bertz CT molecular complexity index is 636. The molecule has 0 aliphatic heterocycles. The summed E-state index contributed by atoms with van der Waals surface area (Å²) < 4.78 is 0. The largest absolute Gasteiger partial charge is 0.289 e. The topological polar surface area (TPSA) is 73.1 Å². The summed E-state index contributed by atoms with van der Waals surface area (Å²) in [6.45, 7) is 0.